The molecule has 1 aromatic carbocycles. The molecule has 2 aromatic rings. The van der Waals surface area contributed by atoms with Gasteiger partial charge in [-0.1, -0.05) is 6.07 Å². The van der Waals surface area contributed by atoms with Crippen molar-refractivity contribution in [3.63, 3.8) is 0 Å². The Morgan fingerprint density at radius 3 is 3.06 bits per heavy atom. The van der Waals surface area contributed by atoms with Gasteiger partial charge in [0.05, 0.1) is 13.2 Å². The van der Waals surface area contributed by atoms with Crippen LogP contribution >= 0.6 is 0 Å². The third-order valence-corrected chi connectivity index (χ3v) is 3.52. The van der Waals surface area contributed by atoms with E-state index in [0.29, 0.717) is 0 Å². The van der Waals surface area contributed by atoms with E-state index >= 15 is 0 Å². The van der Waals surface area contributed by atoms with Crippen LogP contribution in [0.5, 0.6) is 5.75 Å². The van der Waals surface area contributed by atoms with Gasteiger partial charge in [0.25, 0.3) is 0 Å². The number of ether oxygens (including phenoxy) is 1. The van der Waals surface area contributed by atoms with Gasteiger partial charge in [0.1, 0.15) is 11.6 Å². The summed E-state index contributed by atoms with van der Waals surface area (Å²) in [5, 5.41) is 3.53. The highest BCUT2D eigenvalue weighted by atomic mass is 16.5. The number of rotatable bonds is 2. The van der Waals surface area contributed by atoms with E-state index in [2.05, 4.69) is 27.0 Å². The van der Waals surface area contributed by atoms with E-state index in [1.807, 2.05) is 25.5 Å². The minimum atomic E-state index is 0.180. The van der Waals surface area contributed by atoms with E-state index < -0.39 is 0 Å². The molecular formula is C14H17N3O. The molecule has 0 bridgehead atoms. The fourth-order valence-corrected chi connectivity index (χ4v) is 2.55. The molecule has 0 fully saturated rings. The van der Waals surface area contributed by atoms with Crippen LogP contribution in [0.2, 0.25) is 0 Å². The first-order chi connectivity index (χ1) is 8.79. The van der Waals surface area contributed by atoms with Crippen molar-refractivity contribution in [2.45, 2.75) is 12.5 Å². The van der Waals surface area contributed by atoms with Crippen molar-refractivity contribution >= 4 is 0 Å². The lowest BCUT2D eigenvalue weighted by Gasteiger charge is -2.27. The second-order valence-corrected chi connectivity index (χ2v) is 4.60. The zero-order valence-electron chi connectivity index (χ0n) is 10.7. The van der Waals surface area contributed by atoms with Crippen LogP contribution in [0.4, 0.5) is 0 Å². The number of nitrogens with one attached hydrogen (secondary N) is 1. The number of hydrogen-bond acceptors (Lipinski definition) is 3. The predicted octanol–water partition coefficient (Wildman–Crippen LogP) is 1.66. The maximum Gasteiger partial charge on any atom is 0.130 e. The fourth-order valence-electron chi connectivity index (χ4n) is 2.55. The zero-order valence-corrected chi connectivity index (χ0v) is 10.7. The number of benzene rings is 1. The van der Waals surface area contributed by atoms with Crippen molar-refractivity contribution in [2.75, 3.05) is 13.7 Å². The maximum atomic E-state index is 5.29. The highest BCUT2D eigenvalue weighted by Gasteiger charge is 2.24. The molecule has 1 aliphatic rings. The second kappa shape index (κ2) is 4.46. The largest absolute Gasteiger partial charge is 0.497 e. The molecule has 1 unspecified atom stereocenters. The number of imidazole rings is 1. The van der Waals surface area contributed by atoms with Crippen LogP contribution in [0.15, 0.2) is 30.6 Å². The standard InChI is InChI=1S/C14H17N3O/c1-17-8-7-16-14(17)13-12-4-3-11(18-2)9-10(12)5-6-15-13/h3-4,7-9,13,15H,5-6H2,1-2H3. The molecule has 18 heavy (non-hydrogen) atoms. The summed E-state index contributed by atoms with van der Waals surface area (Å²) >= 11 is 0. The van der Waals surface area contributed by atoms with Gasteiger partial charge in [0, 0.05) is 26.0 Å². The molecule has 4 heteroatoms. The van der Waals surface area contributed by atoms with Crippen molar-refractivity contribution in [2.24, 2.45) is 7.05 Å². The van der Waals surface area contributed by atoms with Gasteiger partial charge in [-0.05, 0) is 29.7 Å². The zero-order chi connectivity index (χ0) is 12.5. The number of methoxy groups -OCH3 is 1. The van der Waals surface area contributed by atoms with E-state index in [4.69, 9.17) is 4.74 Å². The van der Waals surface area contributed by atoms with Gasteiger partial charge in [-0.2, -0.15) is 0 Å². The molecule has 1 aromatic heterocycles. The molecule has 4 nitrogen and oxygen atoms in total. The molecule has 94 valence electrons. The van der Waals surface area contributed by atoms with E-state index in [1.165, 1.54) is 11.1 Å². The number of fused-ring (bicyclic) bond motifs is 1. The van der Waals surface area contributed by atoms with Crippen LogP contribution in [-0.2, 0) is 13.5 Å². The Bertz CT molecular complexity index is 562. The molecule has 1 N–H and O–H groups in total. The Kier molecular flexibility index (Phi) is 2.80. The Morgan fingerprint density at radius 2 is 2.33 bits per heavy atom. The second-order valence-electron chi connectivity index (χ2n) is 4.60. The third kappa shape index (κ3) is 1.78. The fraction of sp³-hybridized carbons (Fsp3) is 0.357. The summed E-state index contributed by atoms with van der Waals surface area (Å²) in [7, 11) is 3.74. The Balaban J connectivity index is 2.05. The van der Waals surface area contributed by atoms with E-state index in [9.17, 15) is 0 Å². The highest BCUT2D eigenvalue weighted by Crippen LogP contribution is 2.30. The summed E-state index contributed by atoms with van der Waals surface area (Å²) in [5.41, 5.74) is 2.65. The lowest BCUT2D eigenvalue weighted by atomic mass is 9.93. The van der Waals surface area contributed by atoms with Gasteiger partial charge < -0.3 is 14.6 Å². The van der Waals surface area contributed by atoms with Crippen LogP contribution in [0.1, 0.15) is 23.0 Å². The first-order valence-electron chi connectivity index (χ1n) is 6.17. The van der Waals surface area contributed by atoms with E-state index in [-0.39, 0.29) is 6.04 Å². The first kappa shape index (κ1) is 11.3. The van der Waals surface area contributed by atoms with Crippen molar-refractivity contribution in [3.8, 4) is 5.75 Å². The lowest BCUT2D eigenvalue weighted by Crippen LogP contribution is -2.32. The summed E-state index contributed by atoms with van der Waals surface area (Å²) in [5.74, 6) is 1.98. The predicted molar refractivity (Wildman–Crippen MR) is 69.8 cm³/mol. The summed E-state index contributed by atoms with van der Waals surface area (Å²) in [6.07, 6.45) is 4.86. The third-order valence-electron chi connectivity index (χ3n) is 3.52. The summed E-state index contributed by atoms with van der Waals surface area (Å²) in [4.78, 5) is 4.45. The topological polar surface area (TPSA) is 39.1 Å². The molecule has 0 spiro atoms. The van der Waals surface area contributed by atoms with Crippen molar-refractivity contribution in [1.82, 2.24) is 14.9 Å². The Morgan fingerprint density at radius 1 is 1.44 bits per heavy atom. The molecule has 0 radical (unpaired) electrons. The minimum absolute atomic E-state index is 0.180. The molecule has 1 aliphatic heterocycles. The molecule has 2 heterocycles. The Labute approximate surface area is 107 Å². The van der Waals surface area contributed by atoms with Crippen LogP contribution in [0.3, 0.4) is 0 Å². The van der Waals surface area contributed by atoms with Gasteiger partial charge in [-0.3, -0.25) is 0 Å². The molecule has 1 atom stereocenters. The van der Waals surface area contributed by atoms with Crippen LogP contribution in [-0.4, -0.2) is 23.2 Å². The number of hydrogen-bond donors (Lipinski definition) is 1. The summed E-state index contributed by atoms with van der Waals surface area (Å²) in [6, 6.07) is 6.47. The smallest absolute Gasteiger partial charge is 0.130 e. The van der Waals surface area contributed by atoms with Crippen LogP contribution in [0, 0.1) is 0 Å². The van der Waals surface area contributed by atoms with Crippen molar-refractivity contribution in [3.05, 3.63) is 47.5 Å². The van der Waals surface area contributed by atoms with E-state index in [1.54, 1.807) is 7.11 Å². The maximum absolute atomic E-state index is 5.29. The monoisotopic (exact) mass is 243 g/mol. The summed E-state index contributed by atoms with van der Waals surface area (Å²) in [6.45, 7) is 0.970. The average Bonchev–Trinajstić information content (AvgIpc) is 2.83. The molecule has 0 amide bonds. The lowest BCUT2D eigenvalue weighted by molar-refractivity contribution is 0.412. The van der Waals surface area contributed by atoms with Crippen LogP contribution in [0.25, 0.3) is 0 Å². The van der Waals surface area contributed by atoms with E-state index in [0.717, 1.165) is 24.5 Å². The Hall–Kier alpha value is -1.81. The van der Waals surface area contributed by atoms with Gasteiger partial charge in [-0.15, -0.1) is 0 Å². The van der Waals surface area contributed by atoms with Gasteiger partial charge >= 0.3 is 0 Å². The van der Waals surface area contributed by atoms with Crippen molar-refractivity contribution < 1.29 is 4.74 Å². The number of aryl methyl sites for hydroxylation is 1. The minimum Gasteiger partial charge on any atom is -0.497 e. The van der Waals surface area contributed by atoms with Crippen LogP contribution < -0.4 is 10.1 Å². The van der Waals surface area contributed by atoms with Crippen molar-refractivity contribution in [1.29, 1.82) is 0 Å². The molecule has 0 saturated heterocycles. The average molecular weight is 243 g/mol. The molecule has 0 saturated carbocycles. The number of nitrogens with zero attached hydrogens (tertiary/aromatic N) is 2. The highest BCUT2D eigenvalue weighted by molar-refractivity contribution is 5.41. The van der Waals surface area contributed by atoms with Gasteiger partial charge in [0.15, 0.2) is 0 Å². The number of aromatic nitrogens is 2. The normalized spacial score (nSPS) is 18.4. The molecule has 0 aliphatic carbocycles. The van der Waals surface area contributed by atoms with Gasteiger partial charge in [0.2, 0.25) is 0 Å². The first-order valence-corrected chi connectivity index (χ1v) is 6.17. The SMILES string of the molecule is COc1ccc2c(c1)CCNC2c1nccn1C. The quantitative estimate of drug-likeness (QED) is 0.872. The summed E-state index contributed by atoms with van der Waals surface area (Å²) < 4.78 is 7.36. The molecular weight excluding hydrogens is 226 g/mol. The molecule has 3 rings (SSSR count). The van der Waals surface area contributed by atoms with Gasteiger partial charge in [-0.25, -0.2) is 4.98 Å².